The average molecular weight is 479 g/mol. The molecule has 1 atom stereocenters. The summed E-state index contributed by atoms with van der Waals surface area (Å²) < 4.78 is 22.8. The Morgan fingerprint density at radius 1 is 1.03 bits per heavy atom. The van der Waals surface area contributed by atoms with E-state index in [2.05, 4.69) is 4.90 Å². The van der Waals surface area contributed by atoms with Crippen LogP contribution in [0, 0.1) is 6.92 Å². The van der Waals surface area contributed by atoms with E-state index in [-0.39, 0.29) is 17.1 Å². The molecule has 8 heteroatoms. The van der Waals surface area contributed by atoms with Crippen LogP contribution < -0.4 is 14.9 Å². The summed E-state index contributed by atoms with van der Waals surface area (Å²) in [5, 5.41) is 0.481. The van der Waals surface area contributed by atoms with Gasteiger partial charge in [-0.3, -0.25) is 14.5 Å². The largest absolute Gasteiger partial charge is 0.493 e. The summed E-state index contributed by atoms with van der Waals surface area (Å²) >= 11 is 0. The Kier molecular flexibility index (Phi) is 6.49. The lowest BCUT2D eigenvalue weighted by atomic mass is 9.97. The van der Waals surface area contributed by atoms with Crippen molar-refractivity contribution in [3.05, 3.63) is 69.1 Å². The Morgan fingerprint density at radius 2 is 1.83 bits per heavy atom. The molecule has 5 rings (SSSR count). The highest BCUT2D eigenvalue weighted by atomic mass is 16.5. The number of benzene rings is 2. The second-order valence-corrected chi connectivity index (χ2v) is 8.87. The van der Waals surface area contributed by atoms with Gasteiger partial charge in [-0.05, 0) is 43.7 Å². The number of nitrogens with zero attached hydrogens (tertiary/aromatic N) is 2. The second-order valence-electron chi connectivity index (χ2n) is 8.87. The first-order valence-electron chi connectivity index (χ1n) is 12.0. The standard InChI is InChI=1S/C27H30N2O6/c1-4-34-21-8-6-18(16-22(21)32-3)24-23-25(30)19-15-17(2)5-7-20(19)35-26(23)27(31)29(24)10-9-28-11-13-33-14-12-28/h5-8,15-16,24H,4,9-14H2,1-3H3. The molecule has 3 heterocycles. The molecule has 8 nitrogen and oxygen atoms in total. The number of carbonyl (C=O) groups excluding carboxylic acids is 1. The molecule has 0 N–H and O–H groups in total. The molecular formula is C27H30N2O6. The Labute approximate surface area is 204 Å². The molecule has 1 saturated heterocycles. The molecule has 3 aromatic rings. The van der Waals surface area contributed by atoms with E-state index >= 15 is 0 Å². The number of ether oxygens (including phenoxy) is 3. The molecule has 0 spiro atoms. The normalized spacial score (nSPS) is 18.2. The van der Waals surface area contributed by atoms with Gasteiger partial charge < -0.3 is 23.5 Å². The van der Waals surface area contributed by atoms with E-state index in [1.807, 2.05) is 44.2 Å². The number of aryl methyl sites for hydroxylation is 1. The van der Waals surface area contributed by atoms with Gasteiger partial charge in [0.1, 0.15) is 5.58 Å². The Bertz CT molecular complexity index is 1310. The number of rotatable bonds is 7. The van der Waals surface area contributed by atoms with E-state index in [9.17, 15) is 9.59 Å². The maximum absolute atomic E-state index is 13.8. The van der Waals surface area contributed by atoms with Gasteiger partial charge in [-0.1, -0.05) is 17.7 Å². The highest BCUT2D eigenvalue weighted by Crippen LogP contribution is 2.41. The first kappa shape index (κ1) is 23.4. The topological polar surface area (TPSA) is 81.5 Å². The molecule has 0 bridgehead atoms. The van der Waals surface area contributed by atoms with Crippen LogP contribution >= 0.6 is 0 Å². The van der Waals surface area contributed by atoms with Gasteiger partial charge in [-0.25, -0.2) is 0 Å². The lowest BCUT2D eigenvalue weighted by Crippen LogP contribution is -2.42. The molecule has 2 aliphatic heterocycles. The minimum Gasteiger partial charge on any atom is -0.493 e. The van der Waals surface area contributed by atoms with Gasteiger partial charge in [0.25, 0.3) is 5.91 Å². The first-order valence-corrected chi connectivity index (χ1v) is 12.0. The van der Waals surface area contributed by atoms with Crippen molar-refractivity contribution >= 4 is 16.9 Å². The average Bonchev–Trinajstić information content (AvgIpc) is 3.16. The van der Waals surface area contributed by atoms with Crippen molar-refractivity contribution in [3.8, 4) is 11.5 Å². The molecule has 35 heavy (non-hydrogen) atoms. The summed E-state index contributed by atoms with van der Waals surface area (Å²) in [7, 11) is 1.58. The van der Waals surface area contributed by atoms with E-state index < -0.39 is 6.04 Å². The number of hydrogen-bond acceptors (Lipinski definition) is 7. The summed E-state index contributed by atoms with van der Waals surface area (Å²) in [6, 6.07) is 10.4. The van der Waals surface area contributed by atoms with Gasteiger partial charge in [0, 0.05) is 26.2 Å². The maximum Gasteiger partial charge on any atom is 0.290 e. The molecular weight excluding hydrogens is 448 g/mol. The Morgan fingerprint density at radius 3 is 2.57 bits per heavy atom. The monoisotopic (exact) mass is 478 g/mol. The quantitative estimate of drug-likeness (QED) is 0.515. The van der Waals surface area contributed by atoms with Crippen LogP contribution in [0.3, 0.4) is 0 Å². The summed E-state index contributed by atoms with van der Waals surface area (Å²) in [5.74, 6) is 1.01. The number of amides is 1. The minimum atomic E-state index is -0.579. The van der Waals surface area contributed by atoms with E-state index in [1.54, 1.807) is 18.1 Å². The third-order valence-electron chi connectivity index (χ3n) is 6.69. The van der Waals surface area contributed by atoms with Crippen molar-refractivity contribution in [2.24, 2.45) is 0 Å². The third kappa shape index (κ3) is 4.28. The smallest absolute Gasteiger partial charge is 0.290 e. The van der Waals surface area contributed by atoms with Gasteiger partial charge in [-0.15, -0.1) is 0 Å². The molecule has 1 unspecified atom stereocenters. The maximum atomic E-state index is 13.8. The summed E-state index contributed by atoms with van der Waals surface area (Å²) in [4.78, 5) is 31.4. The van der Waals surface area contributed by atoms with E-state index in [0.29, 0.717) is 60.9 Å². The van der Waals surface area contributed by atoms with E-state index in [0.717, 1.165) is 24.2 Å². The van der Waals surface area contributed by atoms with Gasteiger partial charge >= 0.3 is 0 Å². The highest BCUT2D eigenvalue weighted by molar-refractivity contribution is 5.99. The molecule has 2 aromatic carbocycles. The van der Waals surface area contributed by atoms with Gasteiger partial charge in [0.2, 0.25) is 5.76 Å². The minimum absolute atomic E-state index is 0.117. The molecule has 1 aromatic heterocycles. The van der Waals surface area contributed by atoms with E-state index in [1.165, 1.54) is 0 Å². The zero-order chi connectivity index (χ0) is 24.5. The molecule has 184 valence electrons. The van der Waals surface area contributed by atoms with Crippen molar-refractivity contribution in [3.63, 3.8) is 0 Å². The third-order valence-corrected chi connectivity index (χ3v) is 6.69. The van der Waals surface area contributed by atoms with Gasteiger partial charge in [-0.2, -0.15) is 0 Å². The summed E-state index contributed by atoms with van der Waals surface area (Å²) in [6.07, 6.45) is 0. The van der Waals surface area contributed by atoms with Crippen LogP contribution in [-0.4, -0.2) is 68.8 Å². The van der Waals surface area contributed by atoms with Crippen LogP contribution in [0.2, 0.25) is 0 Å². The zero-order valence-corrected chi connectivity index (χ0v) is 20.3. The Hall–Kier alpha value is -3.36. The first-order chi connectivity index (χ1) is 17.0. The Balaban J connectivity index is 1.62. The lowest BCUT2D eigenvalue weighted by Gasteiger charge is -2.31. The molecule has 1 fully saturated rings. The molecule has 1 amide bonds. The number of hydrogen-bond donors (Lipinski definition) is 0. The summed E-state index contributed by atoms with van der Waals surface area (Å²) in [6.45, 7) is 8.47. The van der Waals surface area contributed by atoms with E-state index in [4.69, 9.17) is 18.6 Å². The van der Waals surface area contributed by atoms with Gasteiger partial charge in [0.05, 0.1) is 43.9 Å². The summed E-state index contributed by atoms with van der Waals surface area (Å²) in [5.41, 5.74) is 2.35. The second kappa shape index (κ2) is 9.71. The van der Waals surface area contributed by atoms with Gasteiger partial charge in [0.15, 0.2) is 16.9 Å². The van der Waals surface area contributed by atoms with Crippen molar-refractivity contribution in [1.82, 2.24) is 9.80 Å². The number of carbonyl (C=O) groups is 1. The number of fused-ring (bicyclic) bond motifs is 2. The highest BCUT2D eigenvalue weighted by Gasteiger charge is 2.43. The fraction of sp³-hybridized carbons (Fsp3) is 0.407. The van der Waals surface area contributed by atoms with Crippen LogP contribution in [0.4, 0.5) is 0 Å². The van der Waals surface area contributed by atoms with Crippen molar-refractivity contribution in [2.45, 2.75) is 19.9 Å². The lowest BCUT2D eigenvalue weighted by molar-refractivity contribution is 0.0314. The molecule has 0 radical (unpaired) electrons. The SMILES string of the molecule is CCOc1ccc(C2c3c(oc4ccc(C)cc4c3=O)C(=O)N2CCN2CCOCC2)cc1OC. The molecule has 0 aliphatic carbocycles. The zero-order valence-electron chi connectivity index (χ0n) is 20.3. The fourth-order valence-electron chi connectivity index (χ4n) is 4.91. The van der Waals surface area contributed by atoms with Crippen molar-refractivity contribution < 1.29 is 23.4 Å². The predicted octanol–water partition coefficient (Wildman–Crippen LogP) is 3.39. The molecule has 2 aliphatic rings. The number of morpholine rings is 1. The number of methoxy groups -OCH3 is 1. The van der Waals surface area contributed by atoms with Crippen LogP contribution in [0.5, 0.6) is 11.5 Å². The fourth-order valence-corrected chi connectivity index (χ4v) is 4.91. The van der Waals surface area contributed by atoms with Crippen LogP contribution in [0.25, 0.3) is 11.0 Å². The molecule has 0 saturated carbocycles. The predicted molar refractivity (Wildman–Crippen MR) is 132 cm³/mol. The van der Waals surface area contributed by atoms with Crippen molar-refractivity contribution in [2.75, 3.05) is 53.1 Å². The van der Waals surface area contributed by atoms with Crippen molar-refractivity contribution in [1.29, 1.82) is 0 Å². The van der Waals surface area contributed by atoms with Crippen LogP contribution in [-0.2, 0) is 4.74 Å². The van der Waals surface area contributed by atoms with Crippen LogP contribution in [0.1, 0.15) is 40.2 Å². The van der Waals surface area contributed by atoms with Crippen LogP contribution in [0.15, 0.2) is 45.6 Å².